The van der Waals surface area contributed by atoms with Crippen LogP contribution in [0.1, 0.15) is 46.0 Å². The molecule has 0 rings (SSSR count). The van der Waals surface area contributed by atoms with Gasteiger partial charge in [-0.3, -0.25) is 0 Å². The molecule has 0 fully saturated rings. The Bertz CT molecular complexity index is 212. The Morgan fingerprint density at radius 1 is 1.07 bits per heavy atom. The van der Waals surface area contributed by atoms with Gasteiger partial charge in [0.15, 0.2) is 0 Å². The maximum atomic E-state index is 10.2. The molecule has 3 nitrogen and oxygen atoms in total. The molecular formula is C9H19KO3S. The molecular weight excluding hydrogens is 227 g/mol. The van der Waals surface area contributed by atoms with Gasteiger partial charge >= 0.3 is 51.4 Å². The van der Waals surface area contributed by atoms with E-state index in [0.29, 0.717) is 12.3 Å². The van der Waals surface area contributed by atoms with E-state index in [2.05, 4.69) is 13.8 Å². The maximum absolute atomic E-state index is 10.2. The average Bonchev–Trinajstić information content (AvgIpc) is 1.93. The van der Waals surface area contributed by atoms with Crippen LogP contribution in [0, 0.1) is 5.92 Å². The first-order valence-electron chi connectivity index (χ1n) is 4.85. The van der Waals surface area contributed by atoms with Gasteiger partial charge in [-0.2, -0.15) is 0 Å². The van der Waals surface area contributed by atoms with Gasteiger partial charge in [0.05, 0.1) is 10.1 Å². The van der Waals surface area contributed by atoms with Crippen LogP contribution in [0.2, 0.25) is 0 Å². The van der Waals surface area contributed by atoms with Crippen molar-refractivity contribution in [1.29, 1.82) is 0 Å². The molecule has 5 heteroatoms. The third-order valence-electron chi connectivity index (χ3n) is 1.93. The first kappa shape index (κ1) is 17.9. The van der Waals surface area contributed by atoms with Crippen molar-refractivity contribution in [2.75, 3.05) is 5.75 Å². The topological polar surface area (TPSA) is 57.2 Å². The van der Waals surface area contributed by atoms with Gasteiger partial charge in [0, 0.05) is 5.75 Å². The molecule has 14 heavy (non-hydrogen) atoms. The summed E-state index contributed by atoms with van der Waals surface area (Å²) in [7, 11) is -3.98. The molecule has 0 aromatic rings. The van der Waals surface area contributed by atoms with Gasteiger partial charge in [0.1, 0.15) is 0 Å². The third-order valence-corrected chi connectivity index (χ3v) is 2.71. The summed E-state index contributed by atoms with van der Waals surface area (Å²) in [6, 6.07) is 0. The van der Waals surface area contributed by atoms with Gasteiger partial charge in [-0.25, -0.2) is 8.42 Å². The van der Waals surface area contributed by atoms with Crippen LogP contribution in [0.15, 0.2) is 0 Å². The molecule has 0 aliphatic rings. The van der Waals surface area contributed by atoms with E-state index in [1.165, 1.54) is 6.42 Å². The normalized spacial score (nSPS) is 11.4. The van der Waals surface area contributed by atoms with Crippen molar-refractivity contribution in [1.82, 2.24) is 0 Å². The second-order valence-electron chi connectivity index (χ2n) is 3.86. The van der Waals surface area contributed by atoms with Crippen LogP contribution in [0.5, 0.6) is 0 Å². The molecule has 0 aliphatic carbocycles. The van der Waals surface area contributed by atoms with Crippen LogP contribution < -0.4 is 51.4 Å². The molecule has 0 amide bonds. The van der Waals surface area contributed by atoms with Crippen molar-refractivity contribution in [2.24, 2.45) is 5.92 Å². The number of hydrogen-bond donors (Lipinski definition) is 0. The van der Waals surface area contributed by atoms with Crippen molar-refractivity contribution in [3.05, 3.63) is 0 Å². The summed E-state index contributed by atoms with van der Waals surface area (Å²) in [5.41, 5.74) is 0. The van der Waals surface area contributed by atoms with E-state index in [9.17, 15) is 13.0 Å². The Kier molecular flexibility index (Phi) is 12.5. The van der Waals surface area contributed by atoms with Gasteiger partial charge in [-0.05, 0) is 12.3 Å². The van der Waals surface area contributed by atoms with Crippen molar-refractivity contribution < 1.29 is 64.4 Å². The molecule has 0 aliphatic heterocycles. The van der Waals surface area contributed by atoms with E-state index >= 15 is 0 Å². The molecule has 0 unspecified atom stereocenters. The summed E-state index contributed by atoms with van der Waals surface area (Å²) in [5.74, 6) is 0.512. The van der Waals surface area contributed by atoms with Gasteiger partial charge < -0.3 is 4.55 Å². The Labute approximate surface area is 130 Å². The van der Waals surface area contributed by atoms with Crippen molar-refractivity contribution in [2.45, 2.75) is 46.0 Å². The third kappa shape index (κ3) is 16.0. The molecule has 80 valence electrons. The molecule has 0 radical (unpaired) electrons. The van der Waals surface area contributed by atoms with Crippen molar-refractivity contribution >= 4 is 10.1 Å². The minimum atomic E-state index is -3.98. The largest absolute Gasteiger partial charge is 1.00 e. The number of unbranched alkanes of at least 4 members (excludes halogenated alkanes) is 3. The fraction of sp³-hybridized carbons (Fsp3) is 1.00. The number of rotatable bonds is 7. The SMILES string of the molecule is CC(C)CCCCCCS(=O)(=O)[O-].[K+]. The molecule has 0 aromatic heterocycles. The zero-order valence-electron chi connectivity index (χ0n) is 9.45. The molecule has 0 N–H and O–H groups in total. The Balaban J connectivity index is 0. The van der Waals surface area contributed by atoms with E-state index in [1.54, 1.807) is 0 Å². The number of hydrogen-bond acceptors (Lipinski definition) is 3. The fourth-order valence-electron chi connectivity index (χ4n) is 1.18. The summed E-state index contributed by atoms with van der Waals surface area (Å²) in [6.07, 6.45) is 4.73. The van der Waals surface area contributed by atoms with E-state index < -0.39 is 10.1 Å². The molecule has 0 bridgehead atoms. The summed E-state index contributed by atoms with van der Waals surface area (Å²) in [4.78, 5) is 0. The van der Waals surface area contributed by atoms with Crippen LogP contribution in [0.3, 0.4) is 0 Å². The minimum absolute atomic E-state index is 0. The molecule has 0 spiro atoms. The smallest absolute Gasteiger partial charge is 0.748 e. The summed E-state index contributed by atoms with van der Waals surface area (Å²) in [5, 5.41) is 0. The quantitative estimate of drug-likeness (QED) is 0.334. The zero-order chi connectivity index (χ0) is 10.3. The Morgan fingerprint density at radius 3 is 2.00 bits per heavy atom. The van der Waals surface area contributed by atoms with Crippen LogP contribution >= 0.6 is 0 Å². The summed E-state index contributed by atoms with van der Waals surface area (Å²) in [6.45, 7) is 4.34. The van der Waals surface area contributed by atoms with Gasteiger partial charge in [-0.15, -0.1) is 0 Å². The van der Waals surface area contributed by atoms with E-state index in [4.69, 9.17) is 0 Å². The van der Waals surface area contributed by atoms with Crippen molar-refractivity contribution in [3.63, 3.8) is 0 Å². The van der Waals surface area contributed by atoms with E-state index in [1.807, 2.05) is 0 Å². The van der Waals surface area contributed by atoms with Crippen LogP contribution in [0.25, 0.3) is 0 Å². The van der Waals surface area contributed by atoms with E-state index in [0.717, 1.165) is 19.3 Å². The Morgan fingerprint density at radius 2 is 1.57 bits per heavy atom. The summed E-state index contributed by atoms with van der Waals surface area (Å²) < 4.78 is 30.6. The predicted molar refractivity (Wildman–Crippen MR) is 52.5 cm³/mol. The average molecular weight is 246 g/mol. The minimum Gasteiger partial charge on any atom is -0.748 e. The second-order valence-corrected chi connectivity index (χ2v) is 5.38. The predicted octanol–water partition coefficient (Wildman–Crippen LogP) is -0.858. The summed E-state index contributed by atoms with van der Waals surface area (Å²) >= 11 is 0. The molecule has 0 atom stereocenters. The molecule has 0 saturated heterocycles. The Hall–Kier alpha value is 1.55. The first-order valence-corrected chi connectivity index (χ1v) is 6.43. The van der Waals surface area contributed by atoms with Gasteiger partial charge in [0.25, 0.3) is 0 Å². The maximum Gasteiger partial charge on any atom is 1.00 e. The zero-order valence-corrected chi connectivity index (χ0v) is 13.4. The first-order chi connectivity index (χ1) is 5.92. The standard InChI is InChI=1S/C9H20O3S.K/c1-9(2)7-5-3-4-6-8-13(10,11)12;/h9H,3-8H2,1-2H3,(H,10,11,12);/q;+1/p-1. The monoisotopic (exact) mass is 246 g/mol. The molecule has 0 aromatic carbocycles. The van der Waals surface area contributed by atoms with Gasteiger partial charge in [-0.1, -0.05) is 39.5 Å². The van der Waals surface area contributed by atoms with Crippen LogP contribution in [-0.4, -0.2) is 18.7 Å². The van der Waals surface area contributed by atoms with Crippen LogP contribution in [0.4, 0.5) is 0 Å². The fourth-order valence-corrected chi connectivity index (χ4v) is 1.74. The second kappa shape index (κ2) is 9.75. The van der Waals surface area contributed by atoms with Crippen molar-refractivity contribution in [3.8, 4) is 0 Å². The molecule has 0 saturated carbocycles. The van der Waals surface area contributed by atoms with E-state index in [-0.39, 0.29) is 57.1 Å². The van der Waals surface area contributed by atoms with Crippen LogP contribution in [-0.2, 0) is 10.1 Å². The van der Waals surface area contributed by atoms with Gasteiger partial charge in [0.2, 0.25) is 0 Å². The molecule has 0 heterocycles.